The number of nitrogens with zero attached hydrogens (tertiary/aromatic N) is 1. The second kappa shape index (κ2) is 6.72. The number of hydrogen-bond donors (Lipinski definition) is 2. The van der Waals surface area contributed by atoms with Gasteiger partial charge in [0.05, 0.1) is 11.8 Å². The molecule has 3 N–H and O–H groups in total. The first-order valence-corrected chi connectivity index (χ1v) is 7.12. The molecule has 1 unspecified atom stereocenters. The molecule has 2 rings (SSSR count). The van der Waals surface area contributed by atoms with E-state index < -0.39 is 6.10 Å². The van der Waals surface area contributed by atoms with Crippen LogP contribution in [0.5, 0.6) is 5.75 Å². The molecule has 0 saturated carbocycles. The predicted molar refractivity (Wildman–Crippen MR) is 77.8 cm³/mol. The van der Waals surface area contributed by atoms with Gasteiger partial charge in [-0.05, 0) is 43.5 Å². The number of nitrogens with two attached hydrogens (primary N) is 1. The summed E-state index contributed by atoms with van der Waals surface area (Å²) in [5.41, 5.74) is 7.02. The molecule has 1 aromatic carbocycles. The van der Waals surface area contributed by atoms with Gasteiger partial charge in [0.15, 0.2) is 6.61 Å². The van der Waals surface area contributed by atoms with Crippen molar-refractivity contribution in [1.29, 1.82) is 0 Å². The molecule has 20 heavy (non-hydrogen) atoms. The molecule has 0 aliphatic carbocycles. The zero-order chi connectivity index (χ0) is 14.5. The number of rotatable bonds is 6. The van der Waals surface area contributed by atoms with E-state index >= 15 is 0 Å². The standard InChI is InChI=1S/C15H22N2O3/c1-2-8-17-12-9-11(13(18)4-3-7-16)5-6-14(12)20-10-15(17)19/h5-6,9,13,18H,2-4,7-8,10,16H2,1H3. The zero-order valence-electron chi connectivity index (χ0n) is 11.8. The van der Waals surface area contributed by atoms with E-state index in [1.54, 1.807) is 4.90 Å². The van der Waals surface area contributed by atoms with Crippen LogP contribution in [0, 0.1) is 0 Å². The second-order valence-corrected chi connectivity index (χ2v) is 5.01. The molecule has 1 aliphatic rings. The van der Waals surface area contributed by atoms with Gasteiger partial charge in [-0.3, -0.25) is 4.79 Å². The van der Waals surface area contributed by atoms with Crippen molar-refractivity contribution in [1.82, 2.24) is 0 Å². The average molecular weight is 278 g/mol. The Bertz CT molecular complexity index is 476. The summed E-state index contributed by atoms with van der Waals surface area (Å²) in [5, 5.41) is 10.1. The summed E-state index contributed by atoms with van der Waals surface area (Å²) in [6.07, 6.45) is 1.72. The Kier molecular flexibility index (Phi) is 4.98. The Morgan fingerprint density at radius 1 is 1.50 bits per heavy atom. The molecule has 5 heteroatoms. The van der Waals surface area contributed by atoms with Crippen molar-refractivity contribution in [3.05, 3.63) is 23.8 Å². The number of carbonyl (C=O) groups excluding carboxylic acids is 1. The van der Waals surface area contributed by atoms with Crippen LogP contribution >= 0.6 is 0 Å². The summed E-state index contributed by atoms with van der Waals surface area (Å²) in [6.45, 7) is 3.34. The first-order chi connectivity index (χ1) is 9.67. The fourth-order valence-corrected chi connectivity index (χ4v) is 2.37. The smallest absolute Gasteiger partial charge is 0.265 e. The quantitative estimate of drug-likeness (QED) is 0.828. The lowest BCUT2D eigenvalue weighted by Crippen LogP contribution is -2.39. The lowest BCUT2D eigenvalue weighted by atomic mass is 10.0. The number of amides is 1. The maximum atomic E-state index is 11.9. The van der Waals surface area contributed by atoms with Gasteiger partial charge in [0.1, 0.15) is 5.75 Å². The lowest BCUT2D eigenvalue weighted by molar-refractivity contribution is -0.121. The molecule has 0 bridgehead atoms. The van der Waals surface area contributed by atoms with Crippen LogP contribution in [0.3, 0.4) is 0 Å². The third-order valence-corrected chi connectivity index (χ3v) is 3.44. The molecule has 1 atom stereocenters. The molecule has 1 amide bonds. The van der Waals surface area contributed by atoms with Gasteiger partial charge < -0.3 is 20.5 Å². The van der Waals surface area contributed by atoms with Crippen molar-refractivity contribution in [3.8, 4) is 5.75 Å². The molecule has 0 fully saturated rings. The monoisotopic (exact) mass is 278 g/mol. The number of carbonyl (C=O) groups is 1. The Morgan fingerprint density at radius 2 is 2.30 bits per heavy atom. The molecule has 0 radical (unpaired) electrons. The molecule has 0 aromatic heterocycles. The number of hydrogen-bond acceptors (Lipinski definition) is 4. The predicted octanol–water partition coefficient (Wildman–Crippen LogP) is 1.59. The van der Waals surface area contributed by atoms with Crippen LogP contribution in [-0.4, -0.2) is 30.7 Å². The van der Waals surface area contributed by atoms with Crippen LogP contribution in [0.15, 0.2) is 18.2 Å². The maximum Gasteiger partial charge on any atom is 0.265 e. The average Bonchev–Trinajstić information content (AvgIpc) is 2.47. The summed E-state index contributed by atoms with van der Waals surface area (Å²) in [5.74, 6) is 0.667. The van der Waals surface area contributed by atoms with Crippen molar-refractivity contribution in [3.63, 3.8) is 0 Å². The largest absolute Gasteiger partial charge is 0.482 e. The number of aliphatic hydroxyl groups is 1. The summed E-state index contributed by atoms with van der Waals surface area (Å²) in [4.78, 5) is 13.7. The Labute approximate surface area is 119 Å². The molecule has 1 heterocycles. The van der Waals surface area contributed by atoms with Crippen molar-refractivity contribution in [2.24, 2.45) is 5.73 Å². The molecular weight excluding hydrogens is 256 g/mol. The van der Waals surface area contributed by atoms with Crippen LogP contribution in [0.1, 0.15) is 37.9 Å². The minimum Gasteiger partial charge on any atom is -0.482 e. The van der Waals surface area contributed by atoms with Gasteiger partial charge >= 0.3 is 0 Å². The minimum atomic E-state index is -0.552. The maximum absolute atomic E-state index is 11.9. The van der Waals surface area contributed by atoms with Crippen LogP contribution in [0.2, 0.25) is 0 Å². The molecule has 5 nitrogen and oxygen atoms in total. The molecule has 0 saturated heterocycles. The molecule has 110 valence electrons. The van der Waals surface area contributed by atoms with E-state index in [-0.39, 0.29) is 12.5 Å². The number of ether oxygens (including phenoxy) is 1. The second-order valence-electron chi connectivity index (χ2n) is 5.01. The van der Waals surface area contributed by atoms with E-state index in [9.17, 15) is 9.90 Å². The zero-order valence-corrected chi connectivity index (χ0v) is 11.8. The molecule has 0 spiro atoms. The number of anilines is 1. The highest BCUT2D eigenvalue weighted by Crippen LogP contribution is 2.35. The van der Waals surface area contributed by atoms with Crippen LogP contribution < -0.4 is 15.4 Å². The summed E-state index contributed by atoms with van der Waals surface area (Å²) < 4.78 is 5.44. The molecule has 1 aliphatic heterocycles. The highest BCUT2D eigenvalue weighted by Gasteiger charge is 2.25. The summed E-state index contributed by atoms with van der Waals surface area (Å²) >= 11 is 0. The van der Waals surface area contributed by atoms with Crippen LogP contribution in [-0.2, 0) is 4.79 Å². The first-order valence-electron chi connectivity index (χ1n) is 7.12. The van der Waals surface area contributed by atoms with E-state index in [2.05, 4.69) is 0 Å². The van der Waals surface area contributed by atoms with E-state index in [0.29, 0.717) is 25.3 Å². The van der Waals surface area contributed by atoms with E-state index in [0.717, 1.165) is 24.1 Å². The van der Waals surface area contributed by atoms with Gasteiger partial charge in [0, 0.05) is 6.54 Å². The Balaban J connectivity index is 2.25. The van der Waals surface area contributed by atoms with Gasteiger partial charge in [-0.2, -0.15) is 0 Å². The number of benzene rings is 1. The van der Waals surface area contributed by atoms with Crippen molar-refractivity contribution in [2.45, 2.75) is 32.3 Å². The highest BCUT2D eigenvalue weighted by molar-refractivity contribution is 5.97. The normalized spacial score (nSPS) is 15.8. The minimum absolute atomic E-state index is 0.0343. The summed E-state index contributed by atoms with van der Waals surface area (Å²) in [7, 11) is 0. The Morgan fingerprint density at radius 3 is 3.00 bits per heavy atom. The van der Waals surface area contributed by atoms with Gasteiger partial charge in [-0.25, -0.2) is 0 Å². The van der Waals surface area contributed by atoms with E-state index in [1.165, 1.54) is 0 Å². The third kappa shape index (κ3) is 3.11. The van der Waals surface area contributed by atoms with Crippen molar-refractivity contribution < 1.29 is 14.6 Å². The van der Waals surface area contributed by atoms with E-state index in [1.807, 2.05) is 25.1 Å². The summed E-state index contributed by atoms with van der Waals surface area (Å²) in [6, 6.07) is 5.52. The van der Waals surface area contributed by atoms with Gasteiger partial charge in [0.2, 0.25) is 0 Å². The molecule has 1 aromatic rings. The van der Waals surface area contributed by atoms with Crippen LogP contribution in [0.4, 0.5) is 5.69 Å². The van der Waals surface area contributed by atoms with Gasteiger partial charge in [0.25, 0.3) is 5.91 Å². The molecular formula is C15H22N2O3. The van der Waals surface area contributed by atoms with Gasteiger partial charge in [-0.15, -0.1) is 0 Å². The SMILES string of the molecule is CCCN1C(=O)COc2ccc(C(O)CCCN)cc21. The van der Waals surface area contributed by atoms with Gasteiger partial charge in [-0.1, -0.05) is 13.0 Å². The first kappa shape index (κ1) is 14.8. The van der Waals surface area contributed by atoms with E-state index in [4.69, 9.17) is 10.5 Å². The fraction of sp³-hybridized carbons (Fsp3) is 0.533. The van der Waals surface area contributed by atoms with Crippen LogP contribution in [0.25, 0.3) is 0 Å². The van der Waals surface area contributed by atoms with Crippen molar-refractivity contribution in [2.75, 3.05) is 24.6 Å². The lowest BCUT2D eigenvalue weighted by Gasteiger charge is -2.30. The topological polar surface area (TPSA) is 75.8 Å². The Hall–Kier alpha value is -1.59. The number of aliphatic hydroxyl groups excluding tert-OH is 1. The third-order valence-electron chi connectivity index (χ3n) is 3.44. The highest BCUT2D eigenvalue weighted by atomic mass is 16.5. The fourth-order valence-electron chi connectivity index (χ4n) is 2.37. The number of fused-ring (bicyclic) bond motifs is 1. The van der Waals surface area contributed by atoms with Crippen molar-refractivity contribution >= 4 is 11.6 Å².